The van der Waals surface area contributed by atoms with E-state index in [9.17, 15) is 14.7 Å². The van der Waals surface area contributed by atoms with Crippen LogP contribution in [0.2, 0.25) is 0 Å². The highest BCUT2D eigenvalue weighted by molar-refractivity contribution is 5.09. The fraction of sp³-hybridized carbons (Fsp3) is 0.600. The quantitative estimate of drug-likeness (QED) is 0.541. The van der Waals surface area contributed by atoms with Crippen molar-refractivity contribution in [1.82, 2.24) is 9.55 Å². The zero-order chi connectivity index (χ0) is 12.9. The number of aromatic amines is 1. The Bertz CT molecular complexity index is 580. The zero-order valence-corrected chi connectivity index (χ0v) is 9.28. The Morgan fingerprint density at radius 3 is 2.83 bits per heavy atom. The van der Waals surface area contributed by atoms with Crippen molar-refractivity contribution in [3.63, 3.8) is 0 Å². The molecule has 0 spiro atoms. The van der Waals surface area contributed by atoms with Crippen molar-refractivity contribution >= 4 is 0 Å². The molecule has 2 fully saturated rings. The third-order valence-corrected chi connectivity index (χ3v) is 3.40. The van der Waals surface area contributed by atoms with Gasteiger partial charge in [0.1, 0.15) is 17.8 Å². The Kier molecular flexibility index (Phi) is 2.42. The lowest BCUT2D eigenvalue weighted by atomic mass is 9.88. The Morgan fingerprint density at radius 2 is 2.33 bits per heavy atom. The summed E-state index contributed by atoms with van der Waals surface area (Å²) in [4.78, 5) is 24.7. The summed E-state index contributed by atoms with van der Waals surface area (Å²) in [6, 6.07) is 1.18. The number of nitrogens with one attached hydrogen (secondary N) is 1. The molecule has 0 aromatic carbocycles. The van der Waals surface area contributed by atoms with Gasteiger partial charge in [0.15, 0.2) is 6.23 Å². The van der Waals surface area contributed by atoms with Gasteiger partial charge in [-0.15, -0.1) is 0 Å². The maximum atomic E-state index is 11.6. The van der Waals surface area contributed by atoms with Gasteiger partial charge in [0.05, 0.1) is 13.2 Å². The van der Waals surface area contributed by atoms with Crippen LogP contribution in [0.25, 0.3) is 0 Å². The maximum absolute atomic E-state index is 11.6. The Labute approximate surface area is 100 Å². The molecule has 8 nitrogen and oxygen atoms in total. The van der Waals surface area contributed by atoms with Gasteiger partial charge >= 0.3 is 5.69 Å². The summed E-state index contributed by atoms with van der Waals surface area (Å²) in [6.07, 6.45) is -1.11. The summed E-state index contributed by atoms with van der Waals surface area (Å²) in [5.41, 5.74) is -2.45. The molecule has 1 aromatic rings. The third-order valence-electron chi connectivity index (χ3n) is 3.40. The van der Waals surface area contributed by atoms with Crippen molar-refractivity contribution in [2.75, 3.05) is 13.2 Å². The largest absolute Gasteiger partial charge is 0.394 e. The predicted molar refractivity (Wildman–Crippen MR) is 57.0 cm³/mol. The number of H-pyrrole nitrogens is 1. The molecule has 0 saturated carbocycles. The first kappa shape index (κ1) is 11.6. The number of aliphatic hydroxyl groups is 2. The van der Waals surface area contributed by atoms with Crippen LogP contribution in [-0.2, 0) is 9.47 Å². The van der Waals surface area contributed by atoms with Crippen LogP contribution < -0.4 is 11.2 Å². The number of hydrogen-bond acceptors (Lipinski definition) is 6. The van der Waals surface area contributed by atoms with Crippen LogP contribution in [0.15, 0.2) is 21.9 Å². The number of aromatic nitrogens is 2. The molecular formula is C10H12N2O6. The van der Waals surface area contributed by atoms with E-state index in [1.54, 1.807) is 0 Å². The highest BCUT2D eigenvalue weighted by Crippen LogP contribution is 2.45. The SMILES string of the molecule is O=c1ccn([C@@H]2O[C@H](CO)[C@]3(O)CO[C@@H]23)c(=O)[nH]1. The van der Waals surface area contributed by atoms with Gasteiger partial charge in [-0.3, -0.25) is 14.3 Å². The molecule has 1 aromatic heterocycles. The van der Waals surface area contributed by atoms with E-state index in [4.69, 9.17) is 14.6 Å². The van der Waals surface area contributed by atoms with Gasteiger partial charge in [0, 0.05) is 12.3 Å². The molecule has 4 atom stereocenters. The minimum absolute atomic E-state index is 0.0531. The lowest BCUT2D eigenvalue weighted by Crippen LogP contribution is -2.62. The minimum atomic E-state index is -1.28. The van der Waals surface area contributed by atoms with Crippen molar-refractivity contribution in [2.24, 2.45) is 0 Å². The second-order valence-corrected chi connectivity index (χ2v) is 4.44. The highest BCUT2D eigenvalue weighted by Gasteiger charge is 2.63. The number of fused-ring (bicyclic) bond motifs is 1. The van der Waals surface area contributed by atoms with E-state index in [1.165, 1.54) is 12.3 Å². The second-order valence-electron chi connectivity index (χ2n) is 4.44. The van der Waals surface area contributed by atoms with Gasteiger partial charge in [0.25, 0.3) is 5.56 Å². The molecule has 18 heavy (non-hydrogen) atoms. The van der Waals surface area contributed by atoms with Crippen LogP contribution in [0.5, 0.6) is 0 Å². The van der Waals surface area contributed by atoms with Crippen LogP contribution in [0.4, 0.5) is 0 Å². The molecule has 0 unspecified atom stereocenters. The highest BCUT2D eigenvalue weighted by atomic mass is 16.6. The molecule has 2 saturated heterocycles. The molecule has 98 valence electrons. The first-order valence-electron chi connectivity index (χ1n) is 5.48. The lowest BCUT2D eigenvalue weighted by Gasteiger charge is -2.42. The number of ether oxygens (including phenoxy) is 2. The van der Waals surface area contributed by atoms with Crippen LogP contribution in [-0.4, -0.2) is 50.8 Å². The third kappa shape index (κ3) is 1.40. The molecule has 8 heteroatoms. The Balaban J connectivity index is 1.99. The van der Waals surface area contributed by atoms with Gasteiger partial charge in [-0.05, 0) is 0 Å². The molecular weight excluding hydrogens is 244 g/mol. The predicted octanol–water partition coefficient (Wildman–Crippen LogP) is -2.44. The molecule has 0 aliphatic carbocycles. The van der Waals surface area contributed by atoms with Crippen LogP contribution in [0.3, 0.4) is 0 Å². The van der Waals surface area contributed by atoms with E-state index in [0.717, 1.165) is 4.57 Å². The van der Waals surface area contributed by atoms with Crippen LogP contribution >= 0.6 is 0 Å². The number of nitrogens with zero attached hydrogens (tertiary/aromatic N) is 1. The second kappa shape index (κ2) is 3.75. The smallest absolute Gasteiger partial charge is 0.330 e. The standard InChI is InChI=1S/C10H12N2O6/c13-3-5-10(16)4-17-7(10)8(18-5)12-2-1-6(14)11-9(12)15/h1-2,5,7-8,13,16H,3-4H2,(H,11,14,15)/t5-,7+,8-,10-/m1/s1. The lowest BCUT2D eigenvalue weighted by molar-refractivity contribution is -0.236. The summed E-state index contributed by atoms with van der Waals surface area (Å²) in [7, 11) is 0. The topological polar surface area (TPSA) is 114 Å². The van der Waals surface area contributed by atoms with E-state index < -0.39 is 35.3 Å². The van der Waals surface area contributed by atoms with E-state index in [2.05, 4.69) is 4.98 Å². The fourth-order valence-corrected chi connectivity index (χ4v) is 2.35. The minimum Gasteiger partial charge on any atom is -0.394 e. The van der Waals surface area contributed by atoms with Crippen molar-refractivity contribution in [2.45, 2.75) is 24.0 Å². The van der Waals surface area contributed by atoms with E-state index in [1.807, 2.05) is 0 Å². The van der Waals surface area contributed by atoms with Crippen LogP contribution in [0.1, 0.15) is 6.23 Å². The molecule has 2 aliphatic heterocycles. The normalized spacial score (nSPS) is 38.2. The maximum Gasteiger partial charge on any atom is 0.330 e. The summed E-state index contributed by atoms with van der Waals surface area (Å²) in [5.74, 6) is 0. The molecule has 0 radical (unpaired) electrons. The molecule has 0 bridgehead atoms. The monoisotopic (exact) mass is 256 g/mol. The summed E-state index contributed by atoms with van der Waals surface area (Å²) >= 11 is 0. The summed E-state index contributed by atoms with van der Waals surface area (Å²) in [6.45, 7) is -0.317. The number of hydrogen-bond donors (Lipinski definition) is 3. The molecule has 3 heterocycles. The van der Waals surface area contributed by atoms with Gasteiger partial charge in [0.2, 0.25) is 0 Å². The average Bonchev–Trinajstić information content (AvgIpc) is 2.50. The van der Waals surface area contributed by atoms with E-state index in [-0.39, 0.29) is 13.2 Å². The van der Waals surface area contributed by atoms with Gasteiger partial charge < -0.3 is 19.7 Å². The zero-order valence-electron chi connectivity index (χ0n) is 9.28. The van der Waals surface area contributed by atoms with E-state index >= 15 is 0 Å². The molecule has 2 aliphatic rings. The summed E-state index contributed by atoms with van der Waals surface area (Å²) in [5, 5.41) is 19.3. The number of rotatable bonds is 2. The molecule has 0 amide bonds. The van der Waals surface area contributed by atoms with Crippen LogP contribution in [0, 0.1) is 0 Å². The van der Waals surface area contributed by atoms with Gasteiger partial charge in [-0.2, -0.15) is 0 Å². The Morgan fingerprint density at radius 1 is 1.56 bits per heavy atom. The first-order valence-corrected chi connectivity index (χ1v) is 5.48. The molecule has 3 N–H and O–H groups in total. The van der Waals surface area contributed by atoms with Crippen molar-refractivity contribution < 1.29 is 19.7 Å². The van der Waals surface area contributed by atoms with Crippen molar-refractivity contribution in [3.05, 3.63) is 33.1 Å². The van der Waals surface area contributed by atoms with Gasteiger partial charge in [-0.25, -0.2) is 4.79 Å². The number of aliphatic hydroxyl groups excluding tert-OH is 1. The van der Waals surface area contributed by atoms with Crippen molar-refractivity contribution in [1.29, 1.82) is 0 Å². The fourth-order valence-electron chi connectivity index (χ4n) is 2.35. The van der Waals surface area contributed by atoms with Crippen molar-refractivity contribution in [3.8, 4) is 0 Å². The first-order chi connectivity index (χ1) is 8.56. The average molecular weight is 256 g/mol. The summed E-state index contributed by atoms with van der Waals surface area (Å²) < 4.78 is 11.8. The van der Waals surface area contributed by atoms with E-state index in [0.29, 0.717) is 0 Å². The molecule has 3 rings (SSSR count). The Hall–Kier alpha value is -1.48. The van der Waals surface area contributed by atoms with Gasteiger partial charge in [-0.1, -0.05) is 0 Å².